The number of rotatable bonds is 2. The van der Waals surface area contributed by atoms with Crippen LogP contribution in [0.15, 0.2) is 24.8 Å². The van der Waals surface area contributed by atoms with Gasteiger partial charge in [-0.1, -0.05) is 36.2 Å². The van der Waals surface area contributed by atoms with Crippen molar-refractivity contribution in [2.75, 3.05) is 13.1 Å². The maximum atomic E-state index is 6.27. The fourth-order valence-electron chi connectivity index (χ4n) is 3.94. The third kappa shape index (κ3) is 2.25. The predicted molar refractivity (Wildman–Crippen MR) is 89.8 cm³/mol. The number of likely N-dealkylation sites (tertiary alicyclic amines) is 1. The molecule has 1 saturated carbocycles. The van der Waals surface area contributed by atoms with Crippen molar-refractivity contribution < 1.29 is 0 Å². The maximum Gasteiger partial charge on any atom is 0.0623 e. The van der Waals surface area contributed by atoms with Gasteiger partial charge in [0, 0.05) is 29.0 Å². The molecule has 2 nitrogen and oxygen atoms in total. The van der Waals surface area contributed by atoms with Crippen LogP contribution >= 0.6 is 23.2 Å². The summed E-state index contributed by atoms with van der Waals surface area (Å²) in [6.45, 7) is 6.59. The van der Waals surface area contributed by atoms with E-state index in [-0.39, 0.29) is 0 Å². The minimum atomic E-state index is 0.655. The lowest BCUT2D eigenvalue weighted by Gasteiger charge is -2.21. The highest BCUT2D eigenvalue weighted by atomic mass is 35.5. The van der Waals surface area contributed by atoms with E-state index in [0.29, 0.717) is 10.0 Å². The number of fused-ring (bicyclic) bond motifs is 2. The first kappa shape index (κ1) is 13.5. The van der Waals surface area contributed by atoms with Crippen molar-refractivity contribution >= 4 is 39.8 Å². The van der Waals surface area contributed by atoms with Gasteiger partial charge in [0.25, 0.3) is 0 Å². The Morgan fingerprint density at radius 2 is 1.86 bits per heavy atom. The minimum absolute atomic E-state index is 0.655. The van der Waals surface area contributed by atoms with Crippen LogP contribution in [0, 0.1) is 11.8 Å². The standard InChI is InChI=1S/C17H18Cl2N2/c1-10(21-8-11-3-2-4-12(11)9-21)16-7-14-15(19)5-13(18)6-17(14)20-16/h5-7,11-12,20H,1-4,8-9H2. The Morgan fingerprint density at radius 3 is 2.57 bits per heavy atom. The van der Waals surface area contributed by atoms with Crippen LogP contribution in [0.2, 0.25) is 10.0 Å². The molecule has 2 fully saturated rings. The first-order valence-corrected chi connectivity index (χ1v) is 8.29. The zero-order valence-corrected chi connectivity index (χ0v) is 13.3. The molecule has 1 N–H and O–H groups in total. The molecule has 1 aromatic carbocycles. The summed E-state index contributed by atoms with van der Waals surface area (Å²) < 4.78 is 0. The van der Waals surface area contributed by atoms with Crippen LogP contribution in [-0.4, -0.2) is 23.0 Å². The average Bonchev–Trinajstić information content (AvgIpc) is 3.09. The van der Waals surface area contributed by atoms with E-state index in [1.54, 1.807) is 6.07 Å². The van der Waals surface area contributed by atoms with Crippen molar-refractivity contribution in [3.63, 3.8) is 0 Å². The van der Waals surface area contributed by atoms with Crippen LogP contribution in [-0.2, 0) is 0 Å². The second-order valence-corrected chi connectivity index (χ2v) is 7.18. The van der Waals surface area contributed by atoms with Gasteiger partial charge in [-0.25, -0.2) is 0 Å². The third-order valence-corrected chi connectivity index (χ3v) is 5.60. The SMILES string of the molecule is C=C(c1cc2c(Cl)cc(Cl)cc2[nH]1)N1CC2CCCC2C1. The van der Waals surface area contributed by atoms with Gasteiger partial charge < -0.3 is 9.88 Å². The number of nitrogens with one attached hydrogen (secondary N) is 1. The van der Waals surface area contributed by atoms with Gasteiger partial charge in [0.1, 0.15) is 0 Å². The number of H-pyrrole nitrogens is 1. The summed E-state index contributed by atoms with van der Waals surface area (Å²) in [6, 6.07) is 5.79. The number of aromatic amines is 1. The zero-order valence-electron chi connectivity index (χ0n) is 11.8. The molecule has 4 heteroatoms. The number of halogens is 2. The summed E-state index contributed by atoms with van der Waals surface area (Å²) in [5, 5.41) is 2.35. The van der Waals surface area contributed by atoms with Crippen molar-refractivity contribution in [2.45, 2.75) is 19.3 Å². The van der Waals surface area contributed by atoms with Gasteiger partial charge in [-0.15, -0.1) is 0 Å². The van der Waals surface area contributed by atoms with Crippen molar-refractivity contribution in [1.82, 2.24) is 9.88 Å². The highest BCUT2D eigenvalue weighted by molar-refractivity contribution is 6.38. The van der Waals surface area contributed by atoms with E-state index in [1.165, 1.54) is 19.3 Å². The molecule has 2 unspecified atom stereocenters. The molecule has 1 aromatic heterocycles. The lowest BCUT2D eigenvalue weighted by atomic mass is 10.0. The number of hydrogen-bond acceptors (Lipinski definition) is 1. The van der Waals surface area contributed by atoms with Crippen LogP contribution in [0.3, 0.4) is 0 Å². The van der Waals surface area contributed by atoms with Crippen LogP contribution in [0.25, 0.3) is 16.6 Å². The minimum Gasteiger partial charge on any atom is -0.370 e. The molecule has 2 aliphatic rings. The molecule has 2 aromatic rings. The summed E-state index contributed by atoms with van der Waals surface area (Å²) in [7, 11) is 0. The van der Waals surface area contributed by atoms with Crippen LogP contribution in [0.4, 0.5) is 0 Å². The molecule has 0 amide bonds. The summed E-state index contributed by atoms with van der Waals surface area (Å²) >= 11 is 12.3. The first-order chi connectivity index (χ1) is 10.1. The van der Waals surface area contributed by atoms with E-state index in [0.717, 1.165) is 47.2 Å². The van der Waals surface area contributed by atoms with Crippen LogP contribution in [0.5, 0.6) is 0 Å². The van der Waals surface area contributed by atoms with Gasteiger partial charge in [-0.2, -0.15) is 0 Å². The molecule has 2 heterocycles. The third-order valence-electron chi connectivity index (χ3n) is 5.07. The second kappa shape index (κ2) is 4.96. The summed E-state index contributed by atoms with van der Waals surface area (Å²) in [5.41, 5.74) is 3.10. The Hall–Kier alpha value is -1.12. The van der Waals surface area contributed by atoms with Gasteiger partial charge in [-0.05, 0) is 42.9 Å². The summed E-state index contributed by atoms with van der Waals surface area (Å²) in [5.74, 6) is 1.73. The highest BCUT2D eigenvalue weighted by Gasteiger charge is 2.36. The van der Waals surface area contributed by atoms with E-state index < -0.39 is 0 Å². The van der Waals surface area contributed by atoms with Gasteiger partial charge in [0.15, 0.2) is 0 Å². The number of nitrogens with zero attached hydrogens (tertiary/aromatic N) is 1. The van der Waals surface area contributed by atoms with Gasteiger partial charge in [-0.3, -0.25) is 0 Å². The summed E-state index contributed by atoms with van der Waals surface area (Å²) in [4.78, 5) is 5.83. The highest BCUT2D eigenvalue weighted by Crippen LogP contribution is 2.40. The average molecular weight is 321 g/mol. The molecule has 0 radical (unpaired) electrons. The topological polar surface area (TPSA) is 19.0 Å². The second-order valence-electron chi connectivity index (χ2n) is 6.33. The molecular formula is C17H18Cl2N2. The molecule has 1 aliphatic carbocycles. The van der Waals surface area contributed by atoms with E-state index in [9.17, 15) is 0 Å². The van der Waals surface area contributed by atoms with Crippen molar-refractivity contribution in [3.8, 4) is 0 Å². The van der Waals surface area contributed by atoms with Gasteiger partial charge in [0.2, 0.25) is 0 Å². The van der Waals surface area contributed by atoms with Gasteiger partial charge >= 0.3 is 0 Å². The fraction of sp³-hybridized carbons (Fsp3) is 0.412. The Bertz CT molecular complexity index is 707. The molecule has 0 bridgehead atoms. The molecule has 1 aliphatic heterocycles. The quantitative estimate of drug-likeness (QED) is 0.808. The van der Waals surface area contributed by atoms with Gasteiger partial charge in [0.05, 0.1) is 16.4 Å². The van der Waals surface area contributed by atoms with E-state index in [4.69, 9.17) is 23.2 Å². The Balaban J connectivity index is 1.64. The predicted octanol–water partition coefficient (Wildman–Crippen LogP) is 5.18. The number of aromatic nitrogens is 1. The monoisotopic (exact) mass is 320 g/mol. The Labute approximate surface area is 134 Å². The van der Waals surface area contributed by atoms with Crippen LogP contribution < -0.4 is 0 Å². The molecule has 2 atom stereocenters. The maximum absolute atomic E-state index is 6.27. The fourth-order valence-corrected chi connectivity index (χ4v) is 4.49. The van der Waals surface area contributed by atoms with Crippen LogP contribution in [0.1, 0.15) is 25.0 Å². The van der Waals surface area contributed by atoms with E-state index in [2.05, 4.69) is 22.5 Å². The number of benzene rings is 1. The summed E-state index contributed by atoms with van der Waals surface area (Å²) in [6.07, 6.45) is 4.15. The van der Waals surface area contributed by atoms with Crippen molar-refractivity contribution in [1.29, 1.82) is 0 Å². The first-order valence-electron chi connectivity index (χ1n) is 7.54. The van der Waals surface area contributed by atoms with E-state index in [1.807, 2.05) is 6.07 Å². The van der Waals surface area contributed by atoms with Crippen molar-refractivity contribution in [3.05, 3.63) is 40.5 Å². The number of hydrogen-bond donors (Lipinski definition) is 1. The lowest BCUT2D eigenvalue weighted by Crippen LogP contribution is -2.19. The largest absolute Gasteiger partial charge is 0.370 e. The lowest BCUT2D eigenvalue weighted by molar-refractivity contribution is 0.442. The molecule has 110 valence electrons. The molecule has 0 spiro atoms. The molecule has 4 rings (SSSR count). The van der Waals surface area contributed by atoms with Crippen molar-refractivity contribution in [2.24, 2.45) is 11.8 Å². The Morgan fingerprint density at radius 1 is 1.14 bits per heavy atom. The Kier molecular flexibility index (Phi) is 3.20. The molecule has 21 heavy (non-hydrogen) atoms. The smallest absolute Gasteiger partial charge is 0.0623 e. The normalized spacial score (nSPS) is 24.8. The van der Waals surface area contributed by atoms with E-state index >= 15 is 0 Å². The molecule has 1 saturated heterocycles. The molecular weight excluding hydrogens is 303 g/mol. The zero-order chi connectivity index (χ0) is 14.6.